The number of halogens is 1. The van der Waals surface area contributed by atoms with Crippen molar-refractivity contribution in [3.63, 3.8) is 0 Å². The van der Waals surface area contributed by atoms with Gasteiger partial charge in [-0.25, -0.2) is 4.68 Å². The number of anilines is 1. The zero-order valence-electron chi connectivity index (χ0n) is 9.95. The van der Waals surface area contributed by atoms with Gasteiger partial charge in [-0.1, -0.05) is 11.6 Å². The van der Waals surface area contributed by atoms with Crippen LogP contribution in [0.3, 0.4) is 0 Å². The van der Waals surface area contributed by atoms with E-state index in [0.29, 0.717) is 5.02 Å². The Hall–Kier alpha value is -1.85. The minimum Gasteiger partial charge on any atom is -0.378 e. The van der Waals surface area contributed by atoms with Gasteiger partial charge in [0, 0.05) is 28.5 Å². The van der Waals surface area contributed by atoms with Crippen molar-refractivity contribution in [3.05, 3.63) is 58.3 Å². The Balaban J connectivity index is 1.88. The molecule has 0 aliphatic heterocycles. The highest BCUT2D eigenvalue weighted by Crippen LogP contribution is 2.25. The number of aromatic nitrogens is 3. The van der Waals surface area contributed by atoms with Crippen LogP contribution in [0.4, 0.5) is 5.69 Å². The van der Waals surface area contributed by atoms with E-state index < -0.39 is 0 Å². The maximum Gasteiger partial charge on any atom is 0.0877 e. The first-order valence-corrected chi connectivity index (χ1v) is 6.99. The van der Waals surface area contributed by atoms with Gasteiger partial charge in [-0.3, -0.25) is 4.98 Å². The highest BCUT2D eigenvalue weighted by Gasteiger charge is 2.06. The second-order valence-corrected chi connectivity index (χ2v) is 5.34. The molecule has 0 aliphatic rings. The molecule has 19 heavy (non-hydrogen) atoms. The number of rotatable bonds is 4. The van der Waals surface area contributed by atoms with Crippen LogP contribution < -0.4 is 5.32 Å². The fourth-order valence-corrected chi connectivity index (χ4v) is 2.48. The fraction of sp³-hybridized carbons (Fsp3) is 0.0769. The lowest BCUT2D eigenvalue weighted by Crippen LogP contribution is -2.04. The Kier molecular flexibility index (Phi) is 3.48. The summed E-state index contributed by atoms with van der Waals surface area (Å²) >= 11 is 7.68. The molecule has 2 aromatic heterocycles. The van der Waals surface area contributed by atoms with Crippen LogP contribution >= 0.6 is 22.9 Å². The van der Waals surface area contributed by atoms with Gasteiger partial charge in [-0.15, -0.1) is 11.3 Å². The number of thiazole rings is 1. The topological polar surface area (TPSA) is 42.7 Å². The minimum absolute atomic E-state index is 0.697. The summed E-state index contributed by atoms with van der Waals surface area (Å²) in [4.78, 5) is 5.23. The molecule has 0 spiro atoms. The molecule has 3 rings (SSSR count). The number of nitrogens with zero attached hydrogens (tertiary/aromatic N) is 3. The molecule has 3 aromatic rings. The smallest absolute Gasteiger partial charge is 0.0877 e. The summed E-state index contributed by atoms with van der Waals surface area (Å²) < 4.78 is 1.81. The SMILES string of the molecule is Clc1ccc(-n2cccn2)c(NCc2cncs2)c1. The van der Waals surface area contributed by atoms with Crippen LogP contribution in [-0.2, 0) is 6.54 Å². The average Bonchev–Trinajstić information content (AvgIpc) is 3.10. The molecule has 0 radical (unpaired) electrons. The van der Waals surface area contributed by atoms with Crippen LogP contribution in [0.5, 0.6) is 0 Å². The number of hydrogen-bond acceptors (Lipinski definition) is 4. The largest absolute Gasteiger partial charge is 0.378 e. The van der Waals surface area contributed by atoms with Crippen LogP contribution in [0.2, 0.25) is 5.02 Å². The maximum absolute atomic E-state index is 6.06. The lowest BCUT2D eigenvalue weighted by molar-refractivity contribution is 0.879. The molecule has 0 unspecified atom stereocenters. The van der Waals surface area contributed by atoms with Crippen molar-refractivity contribution in [1.82, 2.24) is 14.8 Å². The standard InChI is InChI=1S/C13H11ClN4S/c14-10-2-3-13(18-5-1-4-17-18)12(6-10)16-8-11-7-15-9-19-11/h1-7,9,16H,8H2. The maximum atomic E-state index is 6.06. The first kappa shape index (κ1) is 12.2. The average molecular weight is 291 g/mol. The summed E-state index contributed by atoms with van der Waals surface area (Å²) in [6.45, 7) is 0.722. The molecule has 0 bridgehead atoms. The lowest BCUT2D eigenvalue weighted by atomic mass is 10.2. The monoisotopic (exact) mass is 290 g/mol. The van der Waals surface area contributed by atoms with Gasteiger partial charge in [0.1, 0.15) is 0 Å². The van der Waals surface area contributed by atoms with E-state index >= 15 is 0 Å². The zero-order chi connectivity index (χ0) is 13.1. The number of nitrogens with one attached hydrogen (secondary N) is 1. The van der Waals surface area contributed by atoms with Gasteiger partial charge in [-0.2, -0.15) is 5.10 Å². The molecule has 1 N–H and O–H groups in total. The molecule has 0 saturated heterocycles. The number of benzene rings is 1. The van der Waals surface area contributed by atoms with Crippen LogP contribution in [0, 0.1) is 0 Å². The zero-order valence-corrected chi connectivity index (χ0v) is 11.5. The van der Waals surface area contributed by atoms with Gasteiger partial charge in [-0.05, 0) is 24.3 Å². The Morgan fingerprint density at radius 1 is 1.37 bits per heavy atom. The van der Waals surface area contributed by atoms with Crippen molar-refractivity contribution in [2.75, 3.05) is 5.32 Å². The van der Waals surface area contributed by atoms with E-state index in [1.807, 2.05) is 46.9 Å². The van der Waals surface area contributed by atoms with Crippen molar-refractivity contribution in [1.29, 1.82) is 0 Å². The van der Waals surface area contributed by atoms with E-state index in [9.17, 15) is 0 Å². The van der Waals surface area contributed by atoms with Crippen molar-refractivity contribution in [3.8, 4) is 5.69 Å². The van der Waals surface area contributed by atoms with Gasteiger partial charge in [0.05, 0.1) is 23.4 Å². The first-order chi connectivity index (χ1) is 9.33. The van der Waals surface area contributed by atoms with E-state index in [-0.39, 0.29) is 0 Å². The van der Waals surface area contributed by atoms with E-state index in [1.54, 1.807) is 17.5 Å². The fourth-order valence-electron chi connectivity index (χ4n) is 1.77. The second-order valence-electron chi connectivity index (χ2n) is 3.93. The van der Waals surface area contributed by atoms with Crippen molar-refractivity contribution in [2.45, 2.75) is 6.54 Å². The highest BCUT2D eigenvalue weighted by atomic mass is 35.5. The number of hydrogen-bond donors (Lipinski definition) is 1. The van der Waals surface area contributed by atoms with E-state index in [0.717, 1.165) is 17.9 Å². The molecule has 0 amide bonds. The summed E-state index contributed by atoms with van der Waals surface area (Å²) in [5, 5.41) is 8.31. The molecule has 1 aromatic carbocycles. The Labute approximate surface area is 119 Å². The minimum atomic E-state index is 0.697. The molecule has 0 fully saturated rings. The molecular weight excluding hydrogens is 280 g/mol. The van der Waals surface area contributed by atoms with Gasteiger partial charge in [0.15, 0.2) is 0 Å². The lowest BCUT2D eigenvalue weighted by Gasteiger charge is -2.11. The predicted octanol–water partition coefficient (Wildman–Crippen LogP) is 3.59. The summed E-state index contributed by atoms with van der Waals surface area (Å²) in [7, 11) is 0. The van der Waals surface area contributed by atoms with Crippen LogP contribution in [0.15, 0.2) is 48.4 Å². The highest BCUT2D eigenvalue weighted by molar-refractivity contribution is 7.09. The van der Waals surface area contributed by atoms with E-state index in [2.05, 4.69) is 15.4 Å². The van der Waals surface area contributed by atoms with Crippen molar-refractivity contribution >= 4 is 28.6 Å². The third-order valence-corrected chi connectivity index (χ3v) is 3.66. The van der Waals surface area contributed by atoms with Gasteiger partial charge < -0.3 is 5.32 Å². The van der Waals surface area contributed by atoms with Gasteiger partial charge in [0.25, 0.3) is 0 Å². The Morgan fingerprint density at radius 3 is 3.05 bits per heavy atom. The summed E-state index contributed by atoms with van der Waals surface area (Å²) in [6, 6.07) is 7.60. The Bertz CT molecular complexity index is 649. The molecule has 0 aliphatic carbocycles. The molecular formula is C13H11ClN4S. The van der Waals surface area contributed by atoms with E-state index in [4.69, 9.17) is 11.6 Å². The molecule has 4 nitrogen and oxygen atoms in total. The predicted molar refractivity (Wildman–Crippen MR) is 78.0 cm³/mol. The molecule has 0 saturated carbocycles. The normalized spacial score (nSPS) is 10.6. The van der Waals surface area contributed by atoms with Gasteiger partial charge >= 0.3 is 0 Å². The van der Waals surface area contributed by atoms with Crippen LogP contribution in [-0.4, -0.2) is 14.8 Å². The summed E-state index contributed by atoms with van der Waals surface area (Å²) in [5.74, 6) is 0. The molecule has 0 atom stereocenters. The third kappa shape index (κ3) is 2.77. The molecule has 6 heteroatoms. The van der Waals surface area contributed by atoms with Crippen LogP contribution in [0.1, 0.15) is 4.88 Å². The Morgan fingerprint density at radius 2 is 2.32 bits per heavy atom. The third-order valence-electron chi connectivity index (χ3n) is 2.65. The summed E-state index contributed by atoms with van der Waals surface area (Å²) in [6.07, 6.45) is 5.51. The summed E-state index contributed by atoms with van der Waals surface area (Å²) in [5.41, 5.74) is 3.74. The van der Waals surface area contributed by atoms with E-state index in [1.165, 1.54) is 4.88 Å². The molecule has 96 valence electrons. The van der Waals surface area contributed by atoms with Crippen LogP contribution in [0.25, 0.3) is 5.69 Å². The quantitative estimate of drug-likeness (QED) is 0.798. The van der Waals surface area contributed by atoms with Gasteiger partial charge in [0.2, 0.25) is 0 Å². The van der Waals surface area contributed by atoms with Crippen molar-refractivity contribution < 1.29 is 0 Å². The first-order valence-electron chi connectivity index (χ1n) is 5.74. The second kappa shape index (κ2) is 5.42. The molecule has 2 heterocycles. The van der Waals surface area contributed by atoms with Crippen molar-refractivity contribution in [2.24, 2.45) is 0 Å².